The van der Waals surface area contributed by atoms with Crippen LogP contribution in [0.15, 0.2) is 36.7 Å². The van der Waals surface area contributed by atoms with Gasteiger partial charge in [0, 0.05) is 43.0 Å². The predicted octanol–water partition coefficient (Wildman–Crippen LogP) is 2.87. The zero-order valence-electron chi connectivity index (χ0n) is 15.5. The molecule has 138 valence electrons. The largest absolute Gasteiger partial charge is 0.351 e. The van der Waals surface area contributed by atoms with Crippen molar-refractivity contribution in [3.05, 3.63) is 53.6 Å². The van der Waals surface area contributed by atoms with Crippen LogP contribution in [0.2, 0.25) is 0 Å². The molecule has 1 saturated heterocycles. The highest BCUT2D eigenvalue weighted by Crippen LogP contribution is 2.46. The Balaban J connectivity index is 1.37. The summed E-state index contributed by atoms with van der Waals surface area (Å²) in [6.07, 6.45) is 8.61. The highest BCUT2D eigenvalue weighted by molar-refractivity contribution is 5.94. The van der Waals surface area contributed by atoms with Gasteiger partial charge in [-0.1, -0.05) is 12.1 Å². The highest BCUT2D eigenvalue weighted by atomic mass is 16.1. The first kappa shape index (κ1) is 17.3. The number of nitrogens with one attached hydrogen (secondary N) is 2. The number of aromatic nitrogens is 2. The Morgan fingerprint density at radius 1 is 1.42 bits per heavy atom. The molecular formula is C21H28N4O. The molecule has 2 fully saturated rings. The van der Waals surface area contributed by atoms with Crippen molar-refractivity contribution >= 4 is 5.91 Å². The van der Waals surface area contributed by atoms with Gasteiger partial charge in [0.15, 0.2) is 0 Å². The summed E-state index contributed by atoms with van der Waals surface area (Å²) in [5.41, 5.74) is 2.26. The first-order valence-corrected chi connectivity index (χ1v) is 9.72. The van der Waals surface area contributed by atoms with Crippen LogP contribution in [-0.4, -0.2) is 35.1 Å². The molecule has 2 aromatic rings. The van der Waals surface area contributed by atoms with Gasteiger partial charge in [-0.15, -0.1) is 0 Å². The van der Waals surface area contributed by atoms with Crippen LogP contribution in [0.5, 0.6) is 0 Å². The van der Waals surface area contributed by atoms with Gasteiger partial charge in [-0.25, -0.2) is 4.98 Å². The Morgan fingerprint density at radius 2 is 2.31 bits per heavy atom. The molecule has 1 aliphatic carbocycles. The fraction of sp³-hybridized carbons (Fsp3) is 0.524. The maximum Gasteiger partial charge on any atom is 0.251 e. The second-order valence-corrected chi connectivity index (χ2v) is 7.95. The average Bonchev–Trinajstić information content (AvgIpc) is 3.34. The van der Waals surface area contributed by atoms with Gasteiger partial charge in [0.1, 0.15) is 5.82 Å². The smallest absolute Gasteiger partial charge is 0.251 e. The van der Waals surface area contributed by atoms with Gasteiger partial charge >= 0.3 is 0 Å². The van der Waals surface area contributed by atoms with Crippen LogP contribution >= 0.6 is 0 Å². The maximum absolute atomic E-state index is 12.7. The molecule has 0 radical (unpaired) electrons. The second kappa shape index (κ2) is 7.23. The molecular weight excluding hydrogens is 324 g/mol. The molecule has 0 spiro atoms. The van der Waals surface area contributed by atoms with Crippen molar-refractivity contribution in [2.45, 2.75) is 45.1 Å². The van der Waals surface area contributed by atoms with Crippen molar-refractivity contribution in [3.8, 4) is 0 Å². The van der Waals surface area contributed by atoms with Crippen LogP contribution in [0.1, 0.15) is 53.3 Å². The van der Waals surface area contributed by atoms with Crippen LogP contribution in [0, 0.1) is 12.3 Å². The van der Waals surface area contributed by atoms with Gasteiger partial charge < -0.3 is 15.2 Å². The summed E-state index contributed by atoms with van der Waals surface area (Å²) in [6, 6.07) is 8.17. The van der Waals surface area contributed by atoms with Crippen molar-refractivity contribution < 1.29 is 4.79 Å². The lowest BCUT2D eigenvalue weighted by Crippen LogP contribution is -2.32. The van der Waals surface area contributed by atoms with E-state index in [1.807, 2.05) is 31.5 Å². The van der Waals surface area contributed by atoms with E-state index >= 15 is 0 Å². The highest BCUT2D eigenvalue weighted by Gasteiger charge is 2.43. The van der Waals surface area contributed by atoms with E-state index in [-0.39, 0.29) is 11.3 Å². The zero-order valence-corrected chi connectivity index (χ0v) is 15.5. The standard InChI is InChI=1S/C21H28N4O/c1-16-23-10-11-25(16)15-21(7-8-21)14-24-20(26)18-5-2-4-17(12-18)19-6-3-9-22-13-19/h2,4-5,10-12,19,22H,3,6-9,13-15H2,1H3,(H,24,26)/t19-/m0/s1. The summed E-state index contributed by atoms with van der Waals surface area (Å²) in [5, 5.41) is 6.63. The molecule has 1 aliphatic heterocycles. The topological polar surface area (TPSA) is 59.0 Å². The molecule has 1 aromatic heterocycles. The summed E-state index contributed by atoms with van der Waals surface area (Å²) >= 11 is 0. The SMILES string of the molecule is Cc1nccn1CC1(CNC(=O)c2cccc([C@H]3CCCNC3)c2)CC1. The number of carbonyl (C=O) groups excluding carboxylic acids is 1. The third-order valence-corrected chi connectivity index (χ3v) is 5.93. The number of hydrogen-bond donors (Lipinski definition) is 2. The normalized spacial score (nSPS) is 21.3. The first-order valence-electron chi connectivity index (χ1n) is 9.72. The number of aryl methyl sites for hydroxylation is 1. The molecule has 5 nitrogen and oxygen atoms in total. The zero-order chi connectivity index (χ0) is 18.0. The number of imidazole rings is 1. The lowest BCUT2D eigenvalue weighted by molar-refractivity contribution is 0.0942. The van der Waals surface area contributed by atoms with Gasteiger partial charge in [0.2, 0.25) is 0 Å². The van der Waals surface area contributed by atoms with Gasteiger partial charge in [-0.2, -0.15) is 0 Å². The number of rotatable bonds is 6. The van der Waals surface area contributed by atoms with E-state index in [4.69, 9.17) is 0 Å². The van der Waals surface area contributed by atoms with Crippen LogP contribution in [0.25, 0.3) is 0 Å². The molecule has 26 heavy (non-hydrogen) atoms. The van der Waals surface area contributed by atoms with Crippen LogP contribution < -0.4 is 10.6 Å². The Morgan fingerprint density at radius 3 is 3.00 bits per heavy atom. The van der Waals surface area contributed by atoms with E-state index < -0.39 is 0 Å². The summed E-state index contributed by atoms with van der Waals surface area (Å²) in [6.45, 7) is 5.82. The molecule has 2 N–H and O–H groups in total. The Labute approximate surface area is 155 Å². The van der Waals surface area contributed by atoms with Crippen LogP contribution in [0.3, 0.4) is 0 Å². The number of benzene rings is 1. The molecule has 1 saturated carbocycles. The Kier molecular flexibility index (Phi) is 4.81. The Bertz CT molecular complexity index is 772. The third-order valence-electron chi connectivity index (χ3n) is 5.93. The molecule has 0 bridgehead atoms. The second-order valence-electron chi connectivity index (χ2n) is 7.95. The molecule has 1 amide bonds. The molecule has 2 heterocycles. The minimum absolute atomic E-state index is 0.0456. The summed E-state index contributed by atoms with van der Waals surface area (Å²) in [7, 11) is 0. The van der Waals surface area contributed by atoms with Gasteiger partial charge in [-0.05, 0) is 62.8 Å². The van der Waals surface area contributed by atoms with Crippen LogP contribution in [-0.2, 0) is 6.54 Å². The monoisotopic (exact) mass is 352 g/mol. The van der Waals surface area contributed by atoms with Crippen molar-refractivity contribution in [1.29, 1.82) is 0 Å². The lowest BCUT2D eigenvalue weighted by atomic mass is 9.90. The van der Waals surface area contributed by atoms with Gasteiger partial charge in [-0.3, -0.25) is 4.79 Å². The van der Waals surface area contributed by atoms with Crippen LogP contribution in [0.4, 0.5) is 0 Å². The van der Waals surface area contributed by atoms with E-state index in [0.717, 1.165) is 37.6 Å². The maximum atomic E-state index is 12.7. The van der Waals surface area contributed by atoms with E-state index in [0.29, 0.717) is 5.92 Å². The van der Waals surface area contributed by atoms with Crippen molar-refractivity contribution in [2.24, 2.45) is 5.41 Å². The number of amides is 1. The fourth-order valence-corrected chi connectivity index (χ4v) is 3.94. The van der Waals surface area contributed by atoms with Crippen molar-refractivity contribution in [2.75, 3.05) is 19.6 Å². The summed E-state index contributed by atoms with van der Waals surface area (Å²) < 4.78 is 2.19. The van der Waals surface area contributed by atoms with Gasteiger partial charge in [0.25, 0.3) is 5.91 Å². The summed E-state index contributed by atoms with van der Waals surface area (Å²) in [4.78, 5) is 17.0. The minimum Gasteiger partial charge on any atom is -0.351 e. The molecule has 5 heteroatoms. The first-order chi connectivity index (χ1) is 12.7. The average molecular weight is 352 g/mol. The molecule has 1 aromatic carbocycles. The van der Waals surface area contributed by atoms with Gasteiger partial charge in [0.05, 0.1) is 0 Å². The van der Waals surface area contributed by atoms with E-state index in [1.54, 1.807) is 0 Å². The summed E-state index contributed by atoms with van der Waals surface area (Å²) in [5.74, 6) is 1.61. The number of hydrogen-bond acceptors (Lipinski definition) is 3. The van der Waals surface area contributed by atoms with E-state index in [2.05, 4.69) is 32.3 Å². The lowest BCUT2D eigenvalue weighted by Gasteiger charge is -2.23. The minimum atomic E-state index is 0.0456. The van der Waals surface area contributed by atoms with E-state index in [9.17, 15) is 4.79 Å². The molecule has 4 rings (SSSR count). The molecule has 2 aliphatic rings. The third kappa shape index (κ3) is 3.83. The predicted molar refractivity (Wildman–Crippen MR) is 102 cm³/mol. The Hall–Kier alpha value is -2.14. The molecule has 0 unspecified atom stereocenters. The number of piperidine rings is 1. The number of carbonyl (C=O) groups is 1. The number of nitrogens with zero attached hydrogens (tertiary/aromatic N) is 2. The van der Waals surface area contributed by atoms with E-state index in [1.165, 1.54) is 31.2 Å². The quantitative estimate of drug-likeness (QED) is 0.840. The van der Waals surface area contributed by atoms with Crippen molar-refractivity contribution in [1.82, 2.24) is 20.2 Å². The molecule has 1 atom stereocenters. The van der Waals surface area contributed by atoms with Crippen molar-refractivity contribution in [3.63, 3.8) is 0 Å². The fourth-order valence-electron chi connectivity index (χ4n) is 3.94.